The molecule has 2 aromatic heterocycles. The monoisotopic (exact) mass is 486 g/mol. The summed E-state index contributed by atoms with van der Waals surface area (Å²) in [7, 11) is 3.53. The molecule has 0 saturated heterocycles. The van der Waals surface area contributed by atoms with Gasteiger partial charge in [-0.3, -0.25) is 14.3 Å². The minimum absolute atomic E-state index is 0.0159. The highest BCUT2D eigenvalue weighted by atomic mass is 16.2. The first-order chi connectivity index (χ1) is 17.5. The number of hydrogen-bond donors (Lipinski definition) is 3. The first-order valence-corrected chi connectivity index (χ1v) is 12.5. The molecule has 2 amide bonds. The highest BCUT2D eigenvalue weighted by molar-refractivity contribution is 5.86. The molecule has 0 aliphatic heterocycles. The summed E-state index contributed by atoms with van der Waals surface area (Å²) in [6, 6.07) is 14.4. The maximum atomic E-state index is 12.8. The minimum Gasteiger partial charge on any atom is -0.359 e. The molecule has 0 bridgehead atoms. The van der Waals surface area contributed by atoms with E-state index in [4.69, 9.17) is 0 Å². The molecular weight excluding hydrogens is 452 g/mol. The van der Waals surface area contributed by atoms with E-state index in [2.05, 4.69) is 56.0 Å². The van der Waals surface area contributed by atoms with Crippen molar-refractivity contribution in [2.75, 3.05) is 7.05 Å². The Labute approximate surface area is 211 Å². The highest BCUT2D eigenvalue weighted by Gasteiger charge is 2.18. The van der Waals surface area contributed by atoms with Gasteiger partial charge >= 0.3 is 0 Å². The van der Waals surface area contributed by atoms with Crippen molar-refractivity contribution in [1.82, 2.24) is 30.4 Å². The van der Waals surface area contributed by atoms with Crippen molar-refractivity contribution in [1.29, 1.82) is 0 Å². The molecule has 0 radical (unpaired) electrons. The number of nitrogens with zero attached hydrogens (tertiary/aromatic N) is 3. The van der Waals surface area contributed by atoms with Crippen molar-refractivity contribution < 1.29 is 9.59 Å². The second kappa shape index (κ2) is 12.2. The molecule has 4 rings (SSSR count). The van der Waals surface area contributed by atoms with Gasteiger partial charge in [-0.2, -0.15) is 5.10 Å². The zero-order chi connectivity index (χ0) is 25.3. The number of hydrogen-bond acceptors (Lipinski definition) is 4. The summed E-state index contributed by atoms with van der Waals surface area (Å²) in [5.74, 6) is 0.790. The molecule has 2 heterocycles. The summed E-state index contributed by atoms with van der Waals surface area (Å²) in [4.78, 5) is 32.4. The van der Waals surface area contributed by atoms with Crippen LogP contribution in [0.25, 0.3) is 22.0 Å². The molecule has 1 atom stereocenters. The number of carbonyl (C=O) groups excluding carboxylic acids is 2. The van der Waals surface area contributed by atoms with E-state index in [9.17, 15) is 9.59 Å². The second-order valence-electron chi connectivity index (χ2n) is 9.16. The Balaban J connectivity index is 1.43. The van der Waals surface area contributed by atoms with Gasteiger partial charge in [0.1, 0.15) is 5.82 Å². The zero-order valence-corrected chi connectivity index (χ0v) is 21.0. The van der Waals surface area contributed by atoms with Gasteiger partial charge in [0.25, 0.3) is 0 Å². The van der Waals surface area contributed by atoms with Gasteiger partial charge < -0.3 is 15.6 Å². The number of aromatic amines is 1. The largest absolute Gasteiger partial charge is 0.359 e. The Hall–Kier alpha value is -3.94. The van der Waals surface area contributed by atoms with Crippen LogP contribution in [-0.2, 0) is 23.1 Å². The third kappa shape index (κ3) is 6.81. The number of H-pyrrole nitrogens is 1. The number of unbranched alkanes of at least 4 members (excludes halogenated alkanes) is 2. The highest BCUT2D eigenvalue weighted by Crippen LogP contribution is 2.26. The van der Waals surface area contributed by atoms with E-state index in [1.807, 2.05) is 31.6 Å². The van der Waals surface area contributed by atoms with Gasteiger partial charge in [0, 0.05) is 38.7 Å². The number of fused-ring (bicyclic) bond motifs is 1. The van der Waals surface area contributed by atoms with E-state index in [1.165, 1.54) is 10.8 Å². The maximum absolute atomic E-state index is 12.8. The summed E-state index contributed by atoms with van der Waals surface area (Å²) >= 11 is 0. The number of aryl methyl sites for hydroxylation is 2. The van der Waals surface area contributed by atoms with Crippen LogP contribution in [0.15, 0.2) is 61.1 Å². The van der Waals surface area contributed by atoms with E-state index in [0.717, 1.165) is 48.3 Å². The maximum Gasteiger partial charge on any atom is 0.220 e. The molecule has 188 valence electrons. The molecule has 0 saturated carbocycles. The average Bonchev–Trinajstić information content (AvgIpc) is 3.55. The molecule has 8 heteroatoms. The Morgan fingerprint density at radius 2 is 1.83 bits per heavy atom. The number of amides is 2. The van der Waals surface area contributed by atoms with E-state index in [0.29, 0.717) is 19.3 Å². The van der Waals surface area contributed by atoms with Crippen molar-refractivity contribution in [2.45, 2.75) is 51.0 Å². The number of imidazole rings is 1. The zero-order valence-electron chi connectivity index (χ0n) is 21.0. The molecule has 0 aliphatic carbocycles. The van der Waals surface area contributed by atoms with Crippen LogP contribution in [0.3, 0.4) is 0 Å². The Kier molecular flexibility index (Phi) is 8.49. The lowest BCUT2D eigenvalue weighted by molar-refractivity contribution is -0.122. The molecule has 8 nitrogen and oxygen atoms in total. The smallest absolute Gasteiger partial charge is 0.220 e. The molecule has 0 aliphatic rings. The fraction of sp³-hybridized carbons (Fsp3) is 0.357. The summed E-state index contributed by atoms with van der Waals surface area (Å²) in [6.07, 6.45) is 10.5. The van der Waals surface area contributed by atoms with Gasteiger partial charge in [-0.25, -0.2) is 4.98 Å². The third-order valence-corrected chi connectivity index (χ3v) is 6.40. The number of aromatic nitrogens is 4. The summed E-state index contributed by atoms with van der Waals surface area (Å²) in [5.41, 5.74) is 3.01. The Morgan fingerprint density at radius 3 is 2.61 bits per heavy atom. The predicted octanol–water partition coefficient (Wildman–Crippen LogP) is 4.45. The van der Waals surface area contributed by atoms with E-state index in [-0.39, 0.29) is 17.9 Å². The van der Waals surface area contributed by atoms with Gasteiger partial charge in [0.2, 0.25) is 11.8 Å². The molecular formula is C28H34N6O2. The fourth-order valence-electron chi connectivity index (χ4n) is 4.36. The lowest BCUT2D eigenvalue weighted by Gasteiger charge is -2.17. The van der Waals surface area contributed by atoms with Crippen LogP contribution >= 0.6 is 0 Å². The summed E-state index contributed by atoms with van der Waals surface area (Å²) in [5, 5.41) is 12.4. The number of benzene rings is 2. The van der Waals surface area contributed by atoms with Gasteiger partial charge in [0.15, 0.2) is 0 Å². The average molecular weight is 487 g/mol. The quantitative estimate of drug-likeness (QED) is 0.257. The second-order valence-corrected chi connectivity index (χ2v) is 9.16. The Bertz CT molecular complexity index is 1310. The molecule has 0 spiro atoms. The van der Waals surface area contributed by atoms with Crippen LogP contribution in [0.1, 0.15) is 56.0 Å². The van der Waals surface area contributed by atoms with Crippen LogP contribution in [0.2, 0.25) is 0 Å². The first kappa shape index (κ1) is 25.2. The van der Waals surface area contributed by atoms with E-state index in [1.54, 1.807) is 17.9 Å². The molecule has 3 N–H and O–H groups in total. The minimum atomic E-state index is -0.222. The lowest BCUT2D eigenvalue weighted by Crippen LogP contribution is -2.29. The van der Waals surface area contributed by atoms with Crippen LogP contribution in [-0.4, -0.2) is 38.6 Å². The predicted molar refractivity (Wildman–Crippen MR) is 141 cm³/mol. The molecule has 2 aromatic carbocycles. The van der Waals surface area contributed by atoms with Crippen molar-refractivity contribution in [3.05, 3.63) is 72.4 Å². The van der Waals surface area contributed by atoms with Gasteiger partial charge in [-0.1, -0.05) is 49.2 Å². The number of rotatable bonds is 12. The summed E-state index contributed by atoms with van der Waals surface area (Å²) < 4.78 is 1.74. The van der Waals surface area contributed by atoms with Crippen molar-refractivity contribution in [3.63, 3.8) is 0 Å². The SMILES string of the molecule is CNC(=O)CCCCC[C@H](NC(=O)CCc1cnn(C)c1)c1ncc(-c2ccc3ccccc3c2)[nH]1. The van der Waals surface area contributed by atoms with Crippen LogP contribution < -0.4 is 10.6 Å². The molecule has 4 aromatic rings. The van der Waals surface area contributed by atoms with E-state index < -0.39 is 0 Å². The third-order valence-electron chi connectivity index (χ3n) is 6.40. The molecule has 0 fully saturated rings. The number of nitrogens with one attached hydrogen (secondary N) is 3. The van der Waals surface area contributed by atoms with Gasteiger partial charge in [0.05, 0.1) is 24.1 Å². The van der Waals surface area contributed by atoms with Crippen molar-refractivity contribution in [2.24, 2.45) is 7.05 Å². The standard InChI is InChI=1S/C28H34N6O2/c1-29-26(35)11-5-3-4-10-24(32-27(36)15-12-20-17-31-34(2)19-20)28-30-18-25(33-28)23-14-13-21-8-6-7-9-22(21)16-23/h6-9,13-14,16-19,24H,3-5,10-12,15H2,1-2H3,(H,29,35)(H,30,33)(H,32,36)/t24-/m0/s1. The first-order valence-electron chi connectivity index (χ1n) is 12.5. The summed E-state index contributed by atoms with van der Waals surface area (Å²) in [6.45, 7) is 0. The van der Waals surface area contributed by atoms with E-state index >= 15 is 0 Å². The van der Waals surface area contributed by atoms with Crippen molar-refractivity contribution >= 4 is 22.6 Å². The molecule has 36 heavy (non-hydrogen) atoms. The van der Waals surface area contributed by atoms with Crippen LogP contribution in [0.5, 0.6) is 0 Å². The van der Waals surface area contributed by atoms with Crippen LogP contribution in [0, 0.1) is 0 Å². The number of carbonyl (C=O) groups is 2. The Morgan fingerprint density at radius 1 is 1.00 bits per heavy atom. The topological polar surface area (TPSA) is 105 Å². The van der Waals surface area contributed by atoms with Gasteiger partial charge in [-0.05, 0) is 41.7 Å². The molecule has 0 unspecified atom stereocenters. The van der Waals surface area contributed by atoms with Crippen molar-refractivity contribution in [3.8, 4) is 11.3 Å². The normalized spacial score (nSPS) is 11.9. The van der Waals surface area contributed by atoms with Gasteiger partial charge in [-0.15, -0.1) is 0 Å². The fourth-order valence-corrected chi connectivity index (χ4v) is 4.36. The van der Waals surface area contributed by atoms with Crippen LogP contribution in [0.4, 0.5) is 0 Å². The lowest BCUT2D eigenvalue weighted by atomic mass is 10.0.